The zero-order valence-electron chi connectivity index (χ0n) is 14.5. The maximum absolute atomic E-state index is 5.57. The number of benzene rings is 1. The second-order valence-corrected chi connectivity index (χ2v) is 6.10. The number of pyridine rings is 1. The fraction of sp³-hybridized carbons (Fsp3) is 0.200. The monoisotopic (exact) mass is 345 g/mol. The number of hydrogen-bond acceptors (Lipinski definition) is 6. The number of aromatic nitrogens is 4. The lowest BCUT2D eigenvalue weighted by Gasteiger charge is -2.23. The molecule has 4 rings (SSSR count). The number of rotatable bonds is 6. The van der Waals surface area contributed by atoms with E-state index in [1.807, 2.05) is 25.3 Å². The molecule has 0 saturated carbocycles. The van der Waals surface area contributed by atoms with Gasteiger partial charge in [-0.2, -0.15) is 4.98 Å². The highest BCUT2D eigenvalue weighted by molar-refractivity contribution is 5.81. The number of nitrogens with zero attached hydrogens (tertiary/aromatic N) is 5. The van der Waals surface area contributed by atoms with Crippen LogP contribution >= 0.6 is 0 Å². The van der Waals surface area contributed by atoms with Crippen molar-refractivity contribution in [1.29, 1.82) is 0 Å². The van der Waals surface area contributed by atoms with Gasteiger partial charge in [-0.15, -0.1) is 0 Å². The summed E-state index contributed by atoms with van der Waals surface area (Å²) in [5, 5.41) is 0. The highest BCUT2D eigenvalue weighted by Gasteiger charge is 2.17. The van der Waals surface area contributed by atoms with E-state index in [0.29, 0.717) is 23.7 Å². The minimum atomic E-state index is 0.517. The molecule has 0 aliphatic carbocycles. The molecule has 6 heteroatoms. The Hall–Kier alpha value is -3.28. The first kappa shape index (κ1) is 16.2. The van der Waals surface area contributed by atoms with E-state index in [-0.39, 0.29) is 0 Å². The molecule has 3 heterocycles. The van der Waals surface area contributed by atoms with Gasteiger partial charge < -0.3 is 9.32 Å². The van der Waals surface area contributed by atoms with Gasteiger partial charge in [-0.1, -0.05) is 36.4 Å². The molecule has 0 amide bonds. The Balaban J connectivity index is 1.67. The smallest absolute Gasteiger partial charge is 0.252 e. The fourth-order valence-electron chi connectivity index (χ4n) is 2.96. The van der Waals surface area contributed by atoms with Crippen molar-refractivity contribution < 1.29 is 4.42 Å². The maximum Gasteiger partial charge on any atom is 0.252 e. The van der Waals surface area contributed by atoms with Crippen molar-refractivity contribution in [1.82, 2.24) is 19.9 Å². The van der Waals surface area contributed by atoms with Crippen LogP contribution in [-0.2, 0) is 13.0 Å². The largest absolute Gasteiger partial charge is 0.422 e. The van der Waals surface area contributed by atoms with Gasteiger partial charge in [0, 0.05) is 32.4 Å². The molecular weight excluding hydrogens is 326 g/mol. The molecule has 1 aromatic carbocycles. The lowest BCUT2D eigenvalue weighted by molar-refractivity contribution is 0.551. The first-order valence-corrected chi connectivity index (χ1v) is 8.55. The van der Waals surface area contributed by atoms with Crippen molar-refractivity contribution in [3.8, 4) is 0 Å². The molecule has 0 aliphatic rings. The van der Waals surface area contributed by atoms with Crippen molar-refractivity contribution in [3.63, 3.8) is 0 Å². The molecule has 4 aromatic rings. The molecule has 0 N–H and O–H groups in total. The molecule has 130 valence electrons. The zero-order chi connectivity index (χ0) is 17.8. The third kappa shape index (κ3) is 3.54. The van der Waals surface area contributed by atoms with E-state index in [1.54, 1.807) is 6.20 Å². The van der Waals surface area contributed by atoms with Crippen molar-refractivity contribution in [2.75, 3.05) is 11.4 Å². The van der Waals surface area contributed by atoms with Gasteiger partial charge in [-0.25, -0.2) is 9.97 Å². The molecule has 0 bridgehead atoms. The number of oxazole rings is 1. The Morgan fingerprint density at radius 3 is 2.65 bits per heavy atom. The van der Waals surface area contributed by atoms with Crippen LogP contribution in [-0.4, -0.2) is 26.5 Å². The van der Waals surface area contributed by atoms with Crippen LogP contribution in [0.5, 0.6) is 0 Å². The number of fused-ring (bicyclic) bond motifs is 1. The fourth-order valence-corrected chi connectivity index (χ4v) is 2.96. The van der Waals surface area contributed by atoms with Gasteiger partial charge in [0.2, 0.25) is 0 Å². The molecule has 0 fully saturated rings. The summed E-state index contributed by atoms with van der Waals surface area (Å²) in [6.07, 6.45) is 6.09. The lowest BCUT2D eigenvalue weighted by Crippen LogP contribution is -2.26. The zero-order valence-corrected chi connectivity index (χ0v) is 14.5. The van der Waals surface area contributed by atoms with Gasteiger partial charge in [-0.3, -0.25) is 4.98 Å². The van der Waals surface area contributed by atoms with Gasteiger partial charge in [0.15, 0.2) is 17.2 Å². The summed E-state index contributed by atoms with van der Waals surface area (Å²) in [6, 6.07) is 14.4. The normalized spacial score (nSPS) is 11.0. The third-order valence-corrected chi connectivity index (χ3v) is 4.19. The van der Waals surface area contributed by atoms with Crippen molar-refractivity contribution >= 4 is 17.0 Å². The Morgan fingerprint density at radius 2 is 1.85 bits per heavy atom. The van der Waals surface area contributed by atoms with Crippen LogP contribution in [0, 0.1) is 6.92 Å². The quantitative estimate of drug-likeness (QED) is 0.532. The van der Waals surface area contributed by atoms with E-state index in [4.69, 9.17) is 4.42 Å². The summed E-state index contributed by atoms with van der Waals surface area (Å²) in [4.78, 5) is 19.6. The van der Waals surface area contributed by atoms with E-state index in [1.165, 1.54) is 11.9 Å². The molecule has 0 saturated heterocycles. The Labute approximate surface area is 151 Å². The maximum atomic E-state index is 5.57. The van der Waals surface area contributed by atoms with Crippen LogP contribution in [0.15, 0.2) is 65.6 Å². The number of anilines is 1. The minimum Gasteiger partial charge on any atom is -0.422 e. The van der Waals surface area contributed by atoms with Crippen molar-refractivity contribution in [3.05, 3.63) is 78.2 Å². The van der Waals surface area contributed by atoms with Crippen LogP contribution in [0.2, 0.25) is 0 Å². The number of aryl methyl sites for hydroxylation is 1. The standard InChI is InChI=1S/C20H19N5O/c1-15-24-18-19(22-14-23-20(18)26-15)25(13-17-8-5-10-21-12-17)11-9-16-6-3-2-4-7-16/h2-8,10,12,14H,9,11,13H2,1H3. The molecule has 0 radical (unpaired) electrons. The van der Waals surface area contributed by atoms with Gasteiger partial charge in [0.05, 0.1) is 0 Å². The molecule has 0 aliphatic heterocycles. The predicted molar refractivity (Wildman–Crippen MR) is 99.8 cm³/mol. The van der Waals surface area contributed by atoms with E-state index in [0.717, 1.165) is 24.3 Å². The van der Waals surface area contributed by atoms with E-state index in [9.17, 15) is 0 Å². The highest BCUT2D eigenvalue weighted by atomic mass is 16.4. The highest BCUT2D eigenvalue weighted by Crippen LogP contribution is 2.24. The Bertz CT molecular complexity index is 985. The van der Waals surface area contributed by atoms with Crippen molar-refractivity contribution in [2.45, 2.75) is 19.9 Å². The van der Waals surface area contributed by atoms with E-state index >= 15 is 0 Å². The summed E-state index contributed by atoms with van der Waals surface area (Å²) in [7, 11) is 0. The topological polar surface area (TPSA) is 67.9 Å². The van der Waals surface area contributed by atoms with Crippen LogP contribution in [0.25, 0.3) is 11.2 Å². The summed E-state index contributed by atoms with van der Waals surface area (Å²) >= 11 is 0. The summed E-state index contributed by atoms with van der Waals surface area (Å²) in [6.45, 7) is 3.32. The Kier molecular flexibility index (Phi) is 4.55. The first-order chi connectivity index (χ1) is 12.8. The van der Waals surface area contributed by atoms with E-state index < -0.39 is 0 Å². The second kappa shape index (κ2) is 7.31. The van der Waals surface area contributed by atoms with E-state index in [2.05, 4.69) is 55.2 Å². The average Bonchev–Trinajstić information content (AvgIpc) is 3.07. The van der Waals surface area contributed by atoms with Gasteiger partial charge in [-0.05, 0) is 23.6 Å². The predicted octanol–water partition coefficient (Wildman–Crippen LogP) is 3.57. The third-order valence-electron chi connectivity index (χ3n) is 4.19. The summed E-state index contributed by atoms with van der Waals surface area (Å²) in [5.74, 6) is 1.37. The molecule has 26 heavy (non-hydrogen) atoms. The lowest BCUT2D eigenvalue weighted by atomic mass is 10.1. The molecular formula is C20H19N5O. The van der Waals surface area contributed by atoms with Gasteiger partial charge >= 0.3 is 0 Å². The second-order valence-electron chi connectivity index (χ2n) is 6.10. The molecule has 3 aromatic heterocycles. The average molecular weight is 345 g/mol. The summed E-state index contributed by atoms with van der Waals surface area (Å²) in [5.41, 5.74) is 3.61. The first-order valence-electron chi connectivity index (χ1n) is 8.55. The molecule has 0 unspecified atom stereocenters. The van der Waals surface area contributed by atoms with Gasteiger partial charge in [0.25, 0.3) is 5.71 Å². The Morgan fingerprint density at radius 1 is 1.00 bits per heavy atom. The molecule has 6 nitrogen and oxygen atoms in total. The molecule has 0 spiro atoms. The number of hydrogen-bond donors (Lipinski definition) is 0. The van der Waals surface area contributed by atoms with Gasteiger partial charge in [0.1, 0.15) is 6.33 Å². The van der Waals surface area contributed by atoms with Crippen LogP contribution in [0.1, 0.15) is 17.0 Å². The minimum absolute atomic E-state index is 0.517. The van der Waals surface area contributed by atoms with Crippen LogP contribution < -0.4 is 4.90 Å². The van der Waals surface area contributed by atoms with Crippen LogP contribution in [0.4, 0.5) is 5.82 Å². The summed E-state index contributed by atoms with van der Waals surface area (Å²) < 4.78 is 5.57. The SMILES string of the molecule is Cc1nc2c(N(CCc3ccccc3)Cc3cccnc3)ncnc2o1. The van der Waals surface area contributed by atoms with Crippen molar-refractivity contribution in [2.24, 2.45) is 0 Å². The molecule has 0 atom stereocenters. The van der Waals surface area contributed by atoms with Crippen LogP contribution in [0.3, 0.4) is 0 Å².